The Balaban J connectivity index is 1.87. The van der Waals surface area contributed by atoms with E-state index in [9.17, 15) is 14.4 Å². The summed E-state index contributed by atoms with van der Waals surface area (Å²) in [6.07, 6.45) is 0. The number of carbonyl (C=O) groups is 3. The van der Waals surface area contributed by atoms with E-state index < -0.39 is 17.9 Å². The van der Waals surface area contributed by atoms with Crippen molar-refractivity contribution < 1.29 is 14.4 Å². The quantitative estimate of drug-likeness (QED) is 0.699. The van der Waals surface area contributed by atoms with Crippen molar-refractivity contribution in [2.75, 3.05) is 0 Å². The zero-order valence-electron chi connectivity index (χ0n) is 12.9. The summed E-state index contributed by atoms with van der Waals surface area (Å²) in [5, 5.41) is 2.56. The molecule has 0 bridgehead atoms. The van der Waals surface area contributed by atoms with Gasteiger partial charge in [0.1, 0.15) is 6.04 Å². The second-order valence-corrected chi connectivity index (χ2v) is 5.84. The standard InChI is InChI=1S/C17H16BrN3O3/c1-11(19-16(23)12-7-3-2-4-8-12)15(22)20-21-17(24)13-9-5-6-10-14(13)18/h2-11H,1H3,(H,19,23)(H,20,22)(H,21,24)/t11-/m0/s1. The highest BCUT2D eigenvalue weighted by molar-refractivity contribution is 9.10. The average molecular weight is 390 g/mol. The second kappa shape index (κ2) is 8.26. The fourth-order valence-electron chi connectivity index (χ4n) is 1.87. The number of nitrogens with one attached hydrogen (secondary N) is 3. The maximum absolute atomic E-state index is 12.0. The Morgan fingerprint density at radius 2 is 1.50 bits per heavy atom. The van der Waals surface area contributed by atoms with Gasteiger partial charge in [-0.3, -0.25) is 25.2 Å². The van der Waals surface area contributed by atoms with Crippen LogP contribution in [0.25, 0.3) is 0 Å². The average Bonchev–Trinajstić information content (AvgIpc) is 2.60. The van der Waals surface area contributed by atoms with Crippen LogP contribution in [-0.4, -0.2) is 23.8 Å². The first-order valence-corrected chi connectivity index (χ1v) is 7.99. The van der Waals surface area contributed by atoms with Crippen LogP contribution in [0.2, 0.25) is 0 Å². The zero-order valence-corrected chi connectivity index (χ0v) is 14.5. The lowest BCUT2D eigenvalue weighted by atomic mass is 10.2. The van der Waals surface area contributed by atoms with Crippen molar-refractivity contribution in [1.82, 2.24) is 16.2 Å². The van der Waals surface area contributed by atoms with E-state index >= 15 is 0 Å². The maximum Gasteiger partial charge on any atom is 0.270 e. The van der Waals surface area contributed by atoms with Gasteiger partial charge in [0.2, 0.25) is 0 Å². The smallest absolute Gasteiger partial charge is 0.270 e. The lowest BCUT2D eigenvalue weighted by molar-refractivity contribution is -0.123. The first-order valence-electron chi connectivity index (χ1n) is 7.19. The third-order valence-electron chi connectivity index (χ3n) is 3.19. The Bertz CT molecular complexity index is 750. The van der Waals surface area contributed by atoms with Crippen molar-refractivity contribution in [2.24, 2.45) is 0 Å². The summed E-state index contributed by atoms with van der Waals surface area (Å²) in [6, 6.07) is 14.6. The van der Waals surface area contributed by atoms with E-state index in [-0.39, 0.29) is 5.91 Å². The number of hydrazine groups is 1. The summed E-state index contributed by atoms with van der Waals surface area (Å²) >= 11 is 3.26. The molecule has 0 unspecified atom stereocenters. The van der Waals surface area contributed by atoms with Crippen molar-refractivity contribution in [3.63, 3.8) is 0 Å². The Morgan fingerprint density at radius 3 is 2.17 bits per heavy atom. The minimum absolute atomic E-state index is 0.365. The van der Waals surface area contributed by atoms with Crippen molar-refractivity contribution in [2.45, 2.75) is 13.0 Å². The molecule has 3 N–H and O–H groups in total. The number of hydrogen-bond acceptors (Lipinski definition) is 3. The van der Waals surface area contributed by atoms with Gasteiger partial charge < -0.3 is 5.32 Å². The van der Waals surface area contributed by atoms with E-state index in [0.717, 1.165) is 0 Å². The minimum atomic E-state index is -0.808. The molecule has 24 heavy (non-hydrogen) atoms. The van der Waals surface area contributed by atoms with Crippen LogP contribution in [0.15, 0.2) is 59.1 Å². The van der Waals surface area contributed by atoms with E-state index in [2.05, 4.69) is 32.1 Å². The molecular weight excluding hydrogens is 374 g/mol. The zero-order chi connectivity index (χ0) is 17.5. The molecule has 0 aromatic heterocycles. The Hall–Kier alpha value is -2.67. The summed E-state index contributed by atoms with van der Waals surface area (Å²) < 4.78 is 0.613. The van der Waals surface area contributed by atoms with Crippen LogP contribution in [0.4, 0.5) is 0 Å². The first kappa shape index (κ1) is 17.7. The molecule has 0 aliphatic carbocycles. The predicted octanol–water partition coefficient (Wildman–Crippen LogP) is 2.03. The summed E-state index contributed by atoms with van der Waals surface area (Å²) in [5.74, 6) is -1.35. The van der Waals surface area contributed by atoms with Crippen LogP contribution < -0.4 is 16.2 Å². The van der Waals surface area contributed by atoms with E-state index in [1.165, 1.54) is 6.92 Å². The van der Waals surface area contributed by atoms with Gasteiger partial charge in [0.25, 0.3) is 17.7 Å². The van der Waals surface area contributed by atoms with E-state index in [1.54, 1.807) is 54.6 Å². The van der Waals surface area contributed by atoms with Gasteiger partial charge in [0.05, 0.1) is 5.56 Å². The molecular formula is C17H16BrN3O3. The molecule has 2 rings (SSSR count). The molecule has 124 valence electrons. The molecule has 1 atom stereocenters. The van der Waals surface area contributed by atoms with Crippen molar-refractivity contribution >= 4 is 33.7 Å². The number of carbonyl (C=O) groups excluding carboxylic acids is 3. The largest absolute Gasteiger partial charge is 0.340 e. The third-order valence-corrected chi connectivity index (χ3v) is 3.89. The molecule has 0 radical (unpaired) electrons. The monoisotopic (exact) mass is 389 g/mol. The van der Waals surface area contributed by atoms with Gasteiger partial charge in [-0.2, -0.15) is 0 Å². The SMILES string of the molecule is C[C@H](NC(=O)c1ccccc1)C(=O)NNC(=O)c1ccccc1Br. The molecule has 0 aliphatic rings. The lowest BCUT2D eigenvalue weighted by Gasteiger charge is -2.15. The highest BCUT2D eigenvalue weighted by atomic mass is 79.9. The predicted molar refractivity (Wildman–Crippen MR) is 93.1 cm³/mol. The molecule has 3 amide bonds. The Labute approximate surface area is 147 Å². The summed E-state index contributed by atoms with van der Waals surface area (Å²) in [5.41, 5.74) is 5.45. The molecule has 0 heterocycles. The molecule has 6 nitrogen and oxygen atoms in total. The van der Waals surface area contributed by atoms with Crippen molar-refractivity contribution in [1.29, 1.82) is 0 Å². The summed E-state index contributed by atoms with van der Waals surface area (Å²) in [7, 11) is 0. The molecule has 7 heteroatoms. The van der Waals surface area contributed by atoms with Gasteiger partial charge in [-0.1, -0.05) is 30.3 Å². The second-order valence-electron chi connectivity index (χ2n) is 4.98. The highest BCUT2D eigenvalue weighted by Crippen LogP contribution is 2.15. The van der Waals surface area contributed by atoms with Crippen LogP contribution in [0, 0.1) is 0 Å². The van der Waals surface area contributed by atoms with Gasteiger partial charge in [-0.25, -0.2) is 0 Å². The molecule has 0 saturated heterocycles. The van der Waals surface area contributed by atoms with Gasteiger partial charge in [0, 0.05) is 10.0 Å². The summed E-state index contributed by atoms with van der Waals surface area (Å²) in [6.45, 7) is 1.53. The first-order chi connectivity index (χ1) is 11.5. The molecule has 0 spiro atoms. The number of hydrogen-bond donors (Lipinski definition) is 3. The molecule has 0 saturated carbocycles. The number of benzene rings is 2. The van der Waals surface area contributed by atoms with Crippen LogP contribution in [0.3, 0.4) is 0 Å². The van der Waals surface area contributed by atoms with E-state index in [0.29, 0.717) is 15.6 Å². The highest BCUT2D eigenvalue weighted by Gasteiger charge is 2.17. The topological polar surface area (TPSA) is 87.3 Å². The van der Waals surface area contributed by atoms with Crippen LogP contribution >= 0.6 is 15.9 Å². The Morgan fingerprint density at radius 1 is 0.875 bits per heavy atom. The molecule has 0 aliphatic heterocycles. The number of amides is 3. The number of rotatable bonds is 4. The van der Waals surface area contributed by atoms with E-state index in [1.807, 2.05) is 0 Å². The fourth-order valence-corrected chi connectivity index (χ4v) is 2.34. The van der Waals surface area contributed by atoms with Crippen molar-refractivity contribution in [3.05, 3.63) is 70.2 Å². The minimum Gasteiger partial charge on any atom is -0.340 e. The van der Waals surface area contributed by atoms with Gasteiger partial charge in [0.15, 0.2) is 0 Å². The number of halogens is 1. The molecule has 2 aromatic rings. The van der Waals surface area contributed by atoms with Gasteiger partial charge in [-0.05, 0) is 47.1 Å². The van der Waals surface area contributed by atoms with Crippen LogP contribution in [0.5, 0.6) is 0 Å². The fraction of sp³-hybridized carbons (Fsp3) is 0.118. The van der Waals surface area contributed by atoms with Crippen molar-refractivity contribution in [3.8, 4) is 0 Å². The van der Waals surface area contributed by atoms with Crippen LogP contribution in [0.1, 0.15) is 27.6 Å². The lowest BCUT2D eigenvalue weighted by Crippen LogP contribution is -2.51. The maximum atomic E-state index is 12.0. The normalized spacial score (nSPS) is 11.2. The Kier molecular flexibility index (Phi) is 6.08. The van der Waals surface area contributed by atoms with Gasteiger partial charge >= 0.3 is 0 Å². The molecule has 0 fully saturated rings. The van der Waals surface area contributed by atoms with Crippen LogP contribution in [-0.2, 0) is 4.79 Å². The van der Waals surface area contributed by atoms with Gasteiger partial charge in [-0.15, -0.1) is 0 Å². The third kappa shape index (κ3) is 4.66. The van der Waals surface area contributed by atoms with E-state index in [4.69, 9.17) is 0 Å². The molecule has 2 aromatic carbocycles. The summed E-state index contributed by atoms with van der Waals surface area (Å²) in [4.78, 5) is 36.0.